The Labute approximate surface area is 381 Å². The molecule has 10 atom stereocenters. The second kappa shape index (κ2) is 33.8. The normalized spacial score (nSPS) is 25.1. The Morgan fingerprint density at radius 1 is 0.562 bits per heavy atom. The summed E-state index contributed by atoms with van der Waals surface area (Å²) in [6.45, 7) is 3.05. The van der Waals surface area contributed by atoms with Crippen molar-refractivity contribution < 1.29 is 81.6 Å². The summed E-state index contributed by atoms with van der Waals surface area (Å²) in [6.07, 6.45) is 20.1. The Morgan fingerprint density at radius 2 is 1.05 bits per heavy atom. The highest BCUT2D eigenvalue weighted by molar-refractivity contribution is 7.47. The largest absolute Gasteiger partial charge is 0.472 e. The maximum absolute atomic E-state index is 13.0. The molecule has 1 aliphatic carbocycles. The summed E-state index contributed by atoms with van der Waals surface area (Å²) >= 11 is 0. The number of carbonyl (C=O) groups excluding carboxylic acids is 2. The molecule has 0 aromatic rings. The standard InChI is InChI=1S/C45H82O17P2/c1-3-5-7-9-11-12-13-14-15-16-17-18-19-23-27-31-38(46)57-33-35(34-58-64(55,56)62-45-42(50)40(48)41(49)44(43(45)51)61-63(52,53)54)59-39(47)32-28-24-20-22-26-30-37-36(60-37)29-25-21-10-8-6-4-2/h14-15,21,25,35-37,40-45,48-51H,3-13,16-20,22-24,26-34H2,1-2H3,(H,55,56)(H2,52,53,54)/b15-14-,25-21-/t35-,36?,37?,40?,41?,42?,43?,44-,45+/m1/s1. The minimum atomic E-state index is -5.37. The number of phosphoric acid groups is 2. The number of hydrogen-bond acceptors (Lipinski definition) is 14. The molecule has 19 heteroatoms. The fraction of sp³-hybridized carbons (Fsp3) is 0.867. The number of allylic oxidation sites excluding steroid dienone is 3. The van der Waals surface area contributed by atoms with E-state index in [9.17, 15) is 53.8 Å². The van der Waals surface area contributed by atoms with E-state index < -0.39 is 83.5 Å². The number of epoxide rings is 1. The van der Waals surface area contributed by atoms with E-state index in [0.717, 1.165) is 83.5 Å². The summed E-state index contributed by atoms with van der Waals surface area (Å²) in [5, 5.41) is 41.2. The van der Waals surface area contributed by atoms with Crippen molar-refractivity contribution in [3.63, 3.8) is 0 Å². The zero-order valence-corrected chi connectivity index (χ0v) is 40.2. The first-order valence-corrected chi connectivity index (χ1v) is 27.0. The predicted octanol–water partition coefficient (Wildman–Crippen LogP) is 7.94. The molecule has 2 fully saturated rings. The molecule has 2 rings (SSSR count). The summed E-state index contributed by atoms with van der Waals surface area (Å²) in [5.74, 6) is -1.23. The number of esters is 2. The zero-order valence-electron chi connectivity index (χ0n) is 38.4. The van der Waals surface area contributed by atoms with Crippen LogP contribution < -0.4 is 0 Å². The van der Waals surface area contributed by atoms with Crippen LogP contribution in [0.5, 0.6) is 0 Å². The molecule has 0 aromatic heterocycles. The van der Waals surface area contributed by atoms with E-state index in [0.29, 0.717) is 25.0 Å². The van der Waals surface area contributed by atoms with Crippen LogP contribution in [-0.4, -0.2) is 115 Å². The van der Waals surface area contributed by atoms with Crippen molar-refractivity contribution in [3.05, 3.63) is 24.3 Å². The number of carbonyl (C=O) groups is 2. The van der Waals surface area contributed by atoms with Gasteiger partial charge in [0.1, 0.15) is 43.2 Å². The highest BCUT2D eigenvalue weighted by atomic mass is 31.2. The van der Waals surface area contributed by atoms with Gasteiger partial charge in [0.15, 0.2) is 6.10 Å². The van der Waals surface area contributed by atoms with Crippen LogP contribution in [0.4, 0.5) is 0 Å². The maximum Gasteiger partial charge on any atom is 0.472 e. The van der Waals surface area contributed by atoms with Gasteiger partial charge in [-0.1, -0.05) is 128 Å². The Balaban J connectivity index is 1.80. The maximum atomic E-state index is 13.0. The molecule has 7 unspecified atom stereocenters. The van der Waals surface area contributed by atoms with E-state index in [-0.39, 0.29) is 12.8 Å². The summed E-state index contributed by atoms with van der Waals surface area (Å²) in [7, 11) is -10.7. The van der Waals surface area contributed by atoms with Gasteiger partial charge in [0.05, 0.1) is 18.8 Å². The lowest BCUT2D eigenvalue weighted by molar-refractivity contribution is -0.216. The molecule has 1 heterocycles. The fourth-order valence-electron chi connectivity index (χ4n) is 7.56. The van der Waals surface area contributed by atoms with Crippen LogP contribution in [0.3, 0.4) is 0 Å². The molecular weight excluding hydrogens is 874 g/mol. The van der Waals surface area contributed by atoms with Crippen LogP contribution in [0.15, 0.2) is 24.3 Å². The van der Waals surface area contributed by atoms with Gasteiger partial charge in [0.2, 0.25) is 0 Å². The molecule has 7 N–H and O–H groups in total. The lowest BCUT2D eigenvalue weighted by Gasteiger charge is -2.43. The van der Waals surface area contributed by atoms with Crippen LogP contribution in [0.25, 0.3) is 0 Å². The van der Waals surface area contributed by atoms with Gasteiger partial charge in [-0.3, -0.25) is 23.2 Å². The van der Waals surface area contributed by atoms with E-state index in [1.54, 1.807) is 0 Å². The Hall–Kier alpha value is -1.56. The number of ether oxygens (including phenoxy) is 3. The number of rotatable bonds is 39. The molecule has 1 saturated heterocycles. The van der Waals surface area contributed by atoms with Gasteiger partial charge in [0.25, 0.3) is 0 Å². The number of hydrogen-bond donors (Lipinski definition) is 7. The van der Waals surface area contributed by atoms with Gasteiger partial charge in [-0.25, -0.2) is 9.13 Å². The molecule has 0 amide bonds. The van der Waals surface area contributed by atoms with Crippen LogP contribution in [0.2, 0.25) is 0 Å². The van der Waals surface area contributed by atoms with E-state index in [1.807, 2.05) is 0 Å². The monoisotopic (exact) mass is 957 g/mol. The number of aliphatic hydroxyl groups excluding tert-OH is 4. The van der Waals surface area contributed by atoms with Crippen LogP contribution in [-0.2, 0) is 46.5 Å². The molecule has 64 heavy (non-hydrogen) atoms. The minimum Gasteiger partial charge on any atom is -0.462 e. The Morgan fingerprint density at radius 3 is 1.64 bits per heavy atom. The van der Waals surface area contributed by atoms with Crippen LogP contribution in [0, 0.1) is 0 Å². The summed E-state index contributed by atoms with van der Waals surface area (Å²) in [5.41, 5.74) is 0. The van der Waals surface area contributed by atoms with Crippen molar-refractivity contribution >= 4 is 27.6 Å². The summed E-state index contributed by atoms with van der Waals surface area (Å²) in [4.78, 5) is 54.3. The quantitative estimate of drug-likeness (QED) is 0.0101. The lowest BCUT2D eigenvalue weighted by atomic mass is 9.85. The number of unbranched alkanes of at least 4 members (excludes halogenated alkanes) is 18. The van der Waals surface area contributed by atoms with Crippen molar-refractivity contribution in [1.29, 1.82) is 0 Å². The van der Waals surface area contributed by atoms with Gasteiger partial charge in [-0.05, 0) is 64.2 Å². The topological polar surface area (TPSA) is 269 Å². The molecule has 17 nitrogen and oxygen atoms in total. The van der Waals surface area contributed by atoms with Crippen molar-refractivity contribution in [2.75, 3.05) is 13.2 Å². The molecule has 1 aliphatic heterocycles. The molecule has 0 radical (unpaired) electrons. The first kappa shape index (κ1) is 58.6. The third-order valence-electron chi connectivity index (χ3n) is 11.4. The van der Waals surface area contributed by atoms with Gasteiger partial charge in [0, 0.05) is 12.8 Å². The first-order chi connectivity index (χ1) is 30.6. The van der Waals surface area contributed by atoms with E-state index in [2.05, 4.69) is 42.7 Å². The first-order valence-electron chi connectivity index (χ1n) is 24.0. The van der Waals surface area contributed by atoms with E-state index in [4.69, 9.17) is 23.3 Å². The molecule has 1 saturated carbocycles. The zero-order chi connectivity index (χ0) is 47.2. The van der Waals surface area contributed by atoms with Gasteiger partial charge in [-0.15, -0.1) is 0 Å². The van der Waals surface area contributed by atoms with Crippen molar-refractivity contribution in [3.8, 4) is 0 Å². The smallest absolute Gasteiger partial charge is 0.462 e. The predicted molar refractivity (Wildman–Crippen MR) is 241 cm³/mol. The number of aliphatic hydroxyl groups is 4. The second-order valence-corrected chi connectivity index (χ2v) is 19.8. The van der Waals surface area contributed by atoms with Crippen molar-refractivity contribution in [2.24, 2.45) is 0 Å². The molecule has 2 aliphatic rings. The molecule has 374 valence electrons. The molecular formula is C45H82O17P2. The van der Waals surface area contributed by atoms with E-state index in [1.165, 1.54) is 57.8 Å². The molecule has 0 bridgehead atoms. The van der Waals surface area contributed by atoms with Crippen molar-refractivity contribution in [1.82, 2.24) is 0 Å². The van der Waals surface area contributed by atoms with Gasteiger partial charge >= 0.3 is 27.6 Å². The van der Waals surface area contributed by atoms with Crippen molar-refractivity contribution in [2.45, 2.75) is 236 Å². The molecule has 0 spiro atoms. The Kier molecular flexibility index (Phi) is 31.0. The average Bonchev–Trinajstić information content (AvgIpc) is 4.01. The van der Waals surface area contributed by atoms with Crippen LogP contribution in [0.1, 0.15) is 181 Å². The lowest BCUT2D eigenvalue weighted by Crippen LogP contribution is -2.64. The van der Waals surface area contributed by atoms with E-state index >= 15 is 0 Å². The average molecular weight is 957 g/mol. The summed E-state index contributed by atoms with van der Waals surface area (Å²) in [6, 6.07) is 0. The highest BCUT2D eigenvalue weighted by Crippen LogP contribution is 2.49. The van der Waals surface area contributed by atoms with Gasteiger partial charge in [-0.2, -0.15) is 0 Å². The third kappa shape index (κ3) is 27.3. The SMILES string of the molecule is CCCCC/C=C\CC1OC1CCCCCCCC(=O)O[C@H](COC(=O)CCCCCCC/C=C\CCCCCCCC)COP(=O)(O)O[C@H]1C(O)C(O)C(O)[C@@H](OP(=O)(O)O)C1O. The number of phosphoric ester groups is 2. The fourth-order valence-corrected chi connectivity index (χ4v) is 9.10. The Bertz CT molecular complexity index is 1410. The minimum absolute atomic E-state index is 0.0205. The van der Waals surface area contributed by atoms with Crippen LogP contribution >= 0.6 is 15.6 Å². The third-order valence-corrected chi connectivity index (χ3v) is 12.9. The second-order valence-electron chi connectivity index (χ2n) is 17.2. The summed E-state index contributed by atoms with van der Waals surface area (Å²) < 4.78 is 55.2. The highest BCUT2D eigenvalue weighted by Gasteiger charge is 2.54. The van der Waals surface area contributed by atoms with Gasteiger partial charge < -0.3 is 49.3 Å². The molecule has 0 aromatic carbocycles.